The third-order valence-corrected chi connectivity index (χ3v) is 5.72. The monoisotopic (exact) mass is 420 g/mol. The van der Waals surface area contributed by atoms with Gasteiger partial charge in [-0.05, 0) is 35.2 Å². The molecule has 0 bridgehead atoms. The van der Waals surface area contributed by atoms with Crippen molar-refractivity contribution in [2.24, 2.45) is 12.8 Å². The van der Waals surface area contributed by atoms with E-state index in [-0.39, 0.29) is 11.8 Å². The van der Waals surface area contributed by atoms with Crippen LogP contribution in [0.15, 0.2) is 51.7 Å². The maximum absolute atomic E-state index is 11.7. The third-order valence-electron chi connectivity index (χ3n) is 5.72. The average Bonchev–Trinajstić information content (AvgIpc) is 2.94. The van der Waals surface area contributed by atoms with E-state index in [0.29, 0.717) is 31.7 Å². The zero-order valence-corrected chi connectivity index (χ0v) is 17.3. The molecule has 1 aromatic heterocycles. The maximum atomic E-state index is 11.7. The zero-order chi connectivity index (χ0) is 22.0. The van der Waals surface area contributed by atoms with Crippen LogP contribution in [0.3, 0.4) is 0 Å². The summed E-state index contributed by atoms with van der Waals surface area (Å²) in [4.78, 5) is 25.2. The molecule has 8 nitrogen and oxygen atoms in total. The van der Waals surface area contributed by atoms with E-state index in [2.05, 4.69) is 6.07 Å². The van der Waals surface area contributed by atoms with Crippen molar-refractivity contribution in [1.29, 1.82) is 5.26 Å². The second-order valence-corrected chi connectivity index (χ2v) is 7.77. The fourth-order valence-electron chi connectivity index (χ4n) is 3.92. The topological polar surface area (TPSA) is 114 Å². The maximum Gasteiger partial charge on any atom is 0.419 e. The molecule has 2 N–H and O–H groups in total. The first kappa shape index (κ1) is 20.8. The van der Waals surface area contributed by atoms with Crippen molar-refractivity contribution in [2.75, 3.05) is 19.7 Å². The minimum atomic E-state index is -0.686. The van der Waals surface area contributed by atoms with Gasteiger partial charge in [-0.1, -0.05) is 30.3 Å². The molecular formula is C23H24N4O4. The molecule has 8 heteroatoms. The van der Waals surface area contributed by atoms with Gasteiger partial charge in [0, 0.05) is 33.2 Å². The van der Waals surface area contributed by atoms with Crippen molar-refractivity contribution in [3.05, 3.63) is 58.6 Å². The Bertz CT molecular complexity index is 1190. The fourth-order valence-corrected chi connectivity index (χ4v) is 3.92. The van der Waals surface area contributed by atoms with E-state index in [0.717, 1.165) is 28.6 Å². The molecule has 1 amide bonds. The van der Waals surface area contributed by atoms with Crippen LogP contribution in [0.25, 0.3) is 22.2 Å². The largest absolute Gasteiger partial charge is 0.419 e. The van der Waals surface area contributed by atoms with Crippen LogP contribution in [0.4, 0.5) is 0 Å². The van der Waals surface area contributed by atoms with Crippen molar-refractivity contribution in [1.82, 2.24) is 9.47 Å². The molecule has 160 valence electrons. The number of oxazole rings is 1. The van der Waals surface area contributed by atoms with Gasteiger partial charge in [-0.3, -0.25) is 14.3 Å². The summed E-state index contributed by atoms with van der Waals surface area (Å²) >= 11 is 0. The van der Waals surface area contributed by atoms with Gasteiger partial charge in [-0.2, -0.15) is 5.26 Å². The number of hydrogen-bond donors (Lipinski definition) is 1. The van der Waals surface area contributed by atoms with Crippen LogP contribution >= 0.6 is 0 Å². The Kier molecular flexibility index (Phi) is 5.89. The molecule has 3 aromatic rings. The fraction of sp³-hybridized carbons (Fsp3) is 0.348. The van der Waals surface area contributed by atoms with Crippen molar-refractivity contribution in [3.8, 4) is 17.2 Å². The number of fused-ring (bicyclic) bond motifs is 1. The Hall–Kier alpha value is -3.41. The van der Waals surface area contributed by atoms with Gasteiger partial charge >= 0.3 is 5.76 Å². The molecule has 0 aliphatic carbocycles. The van der Waals surface area contributed by atoms with E-state index in [1.807, 2.05) is 41.3 Å². The number of rotatable bonds is 5. The molecular weight excluding hydrogens is 396 g/mol. The van der Waals surface area contributed by atoms with Gasteiger partial charge in [0.05, 0.1) is 11.6 Å². The van der Waals surface area contributed by atoms with E-state index >= 15 is 0 Å². The van der Waals surface area contributed by atoms with Crippen LogP contribution in [-0.2, 0) is 23.0 Å². The number of aromatic nitrogens is 1. The number of nitrogens with two attached hydrogens (primary N) is 1. The lowest BCUT2D eigenvalue weighted by Gasteiger charge is -2.27. The Morgan fingerprint density at radius 2 is 2.00 bits per heavy atom. The van der Waals surface area contributed by atoms with Crippen LogP contribution in [0.2, 0.25) is 0 Å². The van der Waals surface area contributed by atoms with Crippen molar-refractivity contribution in [2.45, 2.75) is 25.0 Å². The number of ether oxygens (including phenoxy) is 1. The zero-order valence-electron chi connectivity index (χ0n) is 17.3. The molecule has 4 rings (SSSR count). The predicted molar refractivity (Wildman–Crippen MR) is 115 cm³/mol. The smallest absolute Gasteiger partial charge is 0.408 e. The second-order valence-electron chi connectivity index (χ2n) is 7.77. The van der Waals surface area contributed by atoms with Gasteiger partial charge in [-0.25, -0.2) is 4.79 Å². The molecule has 0 unspecified atom stereocenters. The lowest BCUT2D eigenvalue weighted by Crippen LogP contribution is -2.44. The number of nitriles is 1. The highest BCUT2D eigenvalue weighted by molar-refractivity contribution is 5.80. The molecule has 1 aliphatic heterocycles. The van der Waals surface area contributed by atoms with Crippen LogP contribution in [-0.4, -0.2) is 47.2 Å². The average molecular weight is 420 g/mol. The number of amides is 1. The number of benzene rings is 2. The first-order valence-electron chi connectivity index (χ1n) is 10.2. The number of aryl methyl sites for hydroxylation is 1. The molecule has 1 saturated heterocycles. The summed E-state index contributed by atoms with van der Waals surface area (Å²) in [5, 5.41) is 9.73. The van der Waals surface area contributed by atoms with E-state index in [4.69, 9.17) is 14.9 Å². The van der Waals surface area contributed by atoms with E-state index in [1.54, 1.807) is 13.1 Å². The molecule has 1 fully saturated rings. The van der Waals surface area contributed by atoms with Crippen molar-refractivity contribution >= 4 is 17.0 Å². The van der Waals surface area contributed by atoms with Gasteiger partial charge in [0.2, 0.25) is 5.91 Å². The number of hydrogen-bond acceptors (Lipinski definition) is 6. The number of carbonyl (C=O) groups excluding carboxylic acids is 1. The molecule has 2 heterocycles. The van der Waals surface area contributed by atoms with E-state index in [9.17, 15) is 14.9 Å². The Morgan fingerprint density at radius 1 is 1.26 bits per heavy atom. The summed E-state index contributed by atoms with van der Waals surface area (Å²) in [6.45, 7) is 1.47. The van der Waals surface area contributed by atoms with Gasteiger partial charge in [0.15, 0.2) is 5.58 Å². The SMILES string of the molecule is Cn1c(=O)oc2ccc(-c3ccc(C[C@H](C#N)N4CCCO[C@@H](C(N)=O)C4)cc3)cc21. The standard InChI is InChI=1S/C23H24N4O4/c1-26-19-12-17(7-8-20(19)31-23(26)29)16-5-3-15(4-6-16)11-18(13-24)27-9-2-10-30-21(14-27)22(25)28/h3-8,12,18,21H,2,9-11,14H2,1H3,(H2,25,28)/t18-,21-/m1/s1. The first-order valence-corrected chi connectivity index (χ1v) is 10.2. The Morgan fingerprint density at radius 3 is 2.71 bits per heavy atom. The first-order chi connectivity index (χ1) is 15.0. The molecule has 0 saturated carbocycles. The summed E-state index contributed by atoms with van der Waals surface area (Å²) in [5.74, 6) is -0.887. The minimum Gasteiger partial charge on any atom is -0.408 e. The van der Waals surface area contributed by atoms with Crippen molar-refractivity contribution < 1.29 is 13.9 Å². The van der Waals surface area contributed by atoms with E-state index < -0.39 is 12.0 Å². The quantitative estimate of drug-likeness (QED) is 0.673. The van der Waals surface area contributed by atoms with Gasteiger partial charge < -0.3 is 14.9 Å². The third kappa shape index (κ3) is 4.38. The number of nitrogens with zero attached hydrogens (tertiary/aromatic N) is 3. The lowest BCUT2D eigenvalue weighted by atomic mass is 10.00. The summed E-state index contributed by atoms with van der Waals surface area (Å²) in [7, 11) is 1.68. The number of primary amides is 1. The highest BCUT2D eigenvalue weighted by atomic mass is 16.5. The predicted octanol–water partition coefficient (Wildman–Crippen LogP) is 1.81. The van der Waals surface area contributed by atoms with Crippen LogP contribution < -0.4 is 11.5 Å². The summed E-state index contributed by atoms with van der Waals surface area (Å²) < 4.78 is 12.2. The lowest BCUT2D eigenvalue weighted by molar-refractivity contribution is -0.129. The van der Waals surface area contributed by atoms with Gasteiger partial charge in [0.25, 0.3) is 0 Å². The highest BCUT2D eigenvalue weighted by Gasteiger charge is 2.28. The molecule has 31 heavy (non-hydrogen) atoms. The summed E-state index contributed by atoms with van der Waals surface area (Å²) in [5.41, 5.74) is 9.71. The summed E-state index contributed by atoms with van der Waals surface area (Å²) in [6.07, 6.45) is 0.603. The molecule has 0 radical (unpaired) electrons. The molecule has 1 aliphatic rings. The summed E-state index contributed by atoms with van der Waals surface area (Å²) in [6, 6.07) is 15.6. The number of carbonyl (C=O) groups is 1. The molecule has 2 atom stereocenters. The van der Waals surface area contributed by atoms with E-state index in [1.165, 1.54) is 4.57 Å². The van der Waals surface area contributed by atoms with Gasteiger partial charge in [0.1, 0.15) is 12.1 Å². The van der Waals surface area contributed by atoms with Crippen LogP contribution in [0, 0.1) is 11.3 Å². The van der Waals surface area contributed by atoms with Crippen LogP contribution in [0.5, 0.6) is 0 Å². The second kappa shape index (κ2) is 8.76. The van der Waals surface area contributed by atoms with Crippen molar-refractivity contribution in [3.63, 3.8) is 0 Å². The van der Waals surface area contributed by atoms with Crippen LogP contribution in [0.1, 0.15) is 12.0 Å². The Balaban J connectivity index is 1.51. The van der Waals surface area contributed by atoms with Gasteiger partial charge in [-0.15, -0.1) is 0 Å². The molecule has 2 aromatic carbocycles. The molecule has 0 spiro atoms. The Labute approximate surface area is 179 Å². The minimum absolute atomic E-state index is 0.328. The highest BCUT2D eigenvalue weighted by Crippen LogP contribution is 2.25. The normalized spacial score (nSPS) is 18.4.